The van der Waals surface area contributed by atoms with Crippen LogP contribution in [0.2, 0.25) is 0 Å². The molecule has 0 amide bonds. The second-order valence-electron chi connectivity index (χ2n) is 5.94. The second-order valence-corrected chi connectivity index (χ2v) is 5.94. The molecule has 1 N–H and O–H groups in total. The Kier molecular flexibility index (Phi) is 6.06. The van der Waals surface area contributed by atoms with Gasteiger partial charge in [-0.2, -0.15) is 13.2 Å². The highest BCUT2D eigenvalue weighted by atomic mass is 19.4. The maximum atomic E-state index is 12.9. The van der Waals surface area contributed by atoms with Gasteiger partial charge in [-0.25, -0.2) is 0 Å². The Bertz CT molecular complexity index is 402. The standard InChI is InChI=1S/C16H24F3N/c1-11(2)14(12(3)4)10-20-9-13-7-5-6-8-15(13)16(17,18)19/h5-8,11-12,14,20H,9-10H2,1-4H3. The molecule has 0 radical (unpaired) electrons. The van der Waals surface area contributed by atoms with E-state index in [0.717, 1.165) is 12.6 Å². The highest BCUT2D eigenvalue weighted by molar-refractivity contribution is 5.29. The molecule has 1 rings (SSSR count). The number of halogens is 3. The summed E-state index contributed by atoms with van der Waals surface area (Å²) in [6, 6.07) is 5.75. The summed E-state index contributed by atoms with van der Waals surface area (Å²) in [5, 5.41) is 3.18. The number of alkyl halides is 3. The Morgan fingerprint density at radius 3 is 2.05 bits per heavy atom. The molecule has 0 aromatic heterocycles. The summed E-state index contributed by atoms with van der Waals surface area (Å²) in [5.41, 5.74) is -0.232. The zero-order valence-electron chi connectivity index (χ0n) is 12.6. The van der Waals surface area contributed by atoms with Crippen LogP contribution in [0.15, 0.2) is 24.3 Å². The zero-order chi connectivity index (χ0) is 15.3. The third kappa shape index (κ3) is 4.82. The molecule has 4 heteroatoms. The highest BCUT2D eigenvalue weighted by Crippen LogP contribution is 2.31. The fourth-order valence-electron chi connectivity index (χ4n) is 2.57. The van der Waals surface area contributed by atoms with Gasteiger partial charge in [-0.3, -0.25) is 0 Å². The first-order valence-corrected chi connectivity index (χ1v) is 7.09. The molecule has 0 saturated carbocycles. The van der Waals surface area contributed by atoms with Crippen molar-refractivity contribution in [2.75, 3.05) is 6.54 Å². The third-order valence-corrected chi connectivity index (χ3v) is 3.73. The van der Waals surface area contributed by atoms with E-state index >= 15 is 0 Å². The monoisotopic (exact) mass is 287 g/mol. The Hall–Kier alpha value is -1.03. The van der Waals surface area contributed by atoms with E-state index in [1.54, 1.807) is 6.07 Å². The van der Waals surface area contributed by atoms with Crippen LogP contribution in [0, 0.1) is 17.8 Å². The number of rotatable bonds is 6. The highest BCUT2D eigenvalue weighted by Gasteiger charge is 2.32. The van der Waals surface area contributed by atoms with E-state index in [1.165, 1.54) is 12.1 Å². The summed E-state index contributed by atoms with van der Waals surface area (Å²) in [6.45, 7) is 9.59. The van der Waals surface area contributed by atoms with E-state index in [2.05, 4.69) is 33.0 Å². The van der Waals surface area contributed by atoms with Crippen molar-refractivity contribution in [3.8, 4) is 0 Å². The Labute approximate surface area is 119 Å². The molecule has 0 atom stereocenters. The van der Waals surface area contributed by atoms with Crippen LogP contribution in [0.1, 0.15) is 38.8 Å². The van der Waals surface area contributed by atoms with Crippen molar-refractivity contribution in [1.82, 2.24) is 5.32 Å². The maximum absolute atomic E-state index is 12.9. The quantitative estimate of drug-likeness (QED) is 0.798. The average molecular weight is 287 g/mol. The second kappa shape index (κ2) is 7.11. The molecule has 0 heterocycles. The third-order valence-electron chi connectivity index (χ3n) is 3.73. The summed E-state index contributed by atoms with van der Waals surface area (Å²) in [7, 11) is 0. The molecule has 1 aromatic carbocycles. The molecule has 0 fully saturated rings. The lowest BCUT2D eigenvalue weighted by molar-refractivity contribution is -0.138. The van der Waals surface area contributed by atoms with Gasteiger partial charge in [-0.1, -0.05) is 45.9 Å². The van der Waals surface area contributed by atoms with E-state index in [9.17, 15) is 13.2 Å². The molecule has 1 nitrogen and oxygen atoms in total. The smallest absolute Gasteiger partial charge is 0.312 e. The van der Waals surface area contributed by atoms with E-state index in [-0.39, 0.29) is 6.54 Å². The van der Waals surface area contributed by atoms with Crippen LogP contribution in [0.25, 0.3) is 0 Å². The molecule has 0 saturated heterocycles. The predicted octanol–water partition coefficient (Wildman–Crippen LogP) is 4.72. The van der Waals surface area contributed by atoms with Gasteiger partial charge in [0.2, 0.25) is 0 Å². The molecule has 0 unspecified atom stereocenters. The van der Waals surface area contributed by atoms with Crippen LogP contribution in [0.3, 0.4) is 0 Å². The van der Waals surface area contributed by atoms with Crippen LogP contribution in [-0.2, 0) is 12.7 Å². The van der Waals surface area contributed by atoms with Gasteiger partial charge in [0.05, 0.1) is 5.56 Å². The van der Waals surface area contributed by atoms with Gasteiger partial charge < -0.3 is 5.32 Å². The molecule has 1 aromatic rings. The lowest BCUT2D eigenvalue weighted by atomic mass is 9.85. The van der Waals surface area contributed by atoms with Gasteiger partial charge >= 0.3 is 6.18 Å². The first-order chi connectivity index (χ1) is 9.23. The molecule has 0 aliphatic carbocycles. The summed E-state index contributed by atoms with van der Waals surface area (Å²) < 4.78 is 38.6. The van der Waals surface area contributed by atoms with Gasteiger partial charge in [-0.15, -0.1) is 0 Å². The predicted molar refractivity (Wildman–Crippen MR) is 76.3 cm³/mol. The van der Waals surface area contributed by atoms with Crippen molar-refractivity contribution in [3.63, 3.8) is 0 Å². The molecule has 0 spiro atoms. The zero-order valence-corrected chi connectivity index (χ0v) is 12.6. The number of nitrogens with one attached hydrogen (secondary N) is 1. The minimum atomic E-state index is -4.28. The summed E-state index contributed by atoms with van der Waals surface area (Å²) >= 11 is 0. The Morgan fingerprint density at radius 1 is 1.00 bits per heavy atom. The molecule has 0 bridgehead atoms. The largest absolute Gasteiger partial charge is 0.416 e. The van der Waals surface area contributed by atoms with E-state index in [1.807, 2.05) is 0 Å². The van der Waals surface area contributed by atoms with Crippen LogP contribution in [-0.4, -0.2) is 6.54 Å². The van der Waals surface area contributed by atoms with Crippen molar-refractivity contribution in [2.24, 2.45) is 17.8 Å². The van der Waals surface area contributed by atoms with E-state index < -0.39 is 11.7 Å². The number of hydrogen-bond acceptors (Lipinski definition) is 1. The Morgan fingerprint density at radius 2 is 1.55 bits per heavy atom. The van der Waals surface area contributed by atoms with Crippen molar-refractivity contribution in [3.05, 3.63) is 35.4 Å². The van der Waals surface area contributed by atoms with Crippen molar-refractivity contribution in [1.29, 1.82) is 0 Å². The molecule has 0 aliphatic heterocycles. The maximum Gasteiger partial charge on any atom is 0.416 e. The van der Waals surface area contributed by atoms with Crippen LogP contribution < -0.4 is 5.32 Å². The van der Waals surface area contributed by atoms with Crippen LogP contribution >= 0.6 is 0 Å². The fraction of sp³-hybridized carbons (Fsp3) is 0.625. The van der Waals surface area contributed by atoms with E-state index in [4.69, 9.17) is 0 Å². The van der Waals surface area contributed by atoms with Gasteiger partial charge in [0, 0.05) is 6.54 Å². The SMILES string of the molecule is CC(C)C(CNCc1ccccc1C(F)(F)F)C(C)C. The minimum absolute atomic E-state index is 0.256. The molecular weight excluding hydrogens is 263 g/mol. The first kappa shape index (κ1) is 17.0. The first-order valence-electron chi connectivity index (χ1n) is 7.09. The lowest BCUT2D eigenvalue weighted by Crippen LogP contribution is -2.30. The topological polar surface area (TPSA) is 12.0 Å². The summed E-state index contributed by atoms with van der Waals surface area (Å²) in [5.74, 6) is 1.49. The van der Waals surface area contributed by atoms with Crippen LogP contribution in [0.5, 0.6) is 0 Å². The summed E-state index contributed by atoms with van der Waals surface area (Å²) in [6.07, 6.45) is -4.28. The molecule has 114 valence electrons. The van der Waals surface area contributed by atoms with Crippen molar-refractivity contribution < 1.29 is 13.2 Å². The fourth-order valence-corrected chi connectivity index (χ4v) is 2.57. The molecule has 0 aliphatic rings. The molecular formula is C16H24F3N. The number of benzene rings is 1. The van der Waals surface area contributed by atoms with Gasteiger partial charge in [0.1, 0.15) is 0 Å². The summed E-state index contributed by atoms with van der Waals surface area (Å²) in [4.78, 5) is 0. The van der Waals surface area contributed by atoms with Gasteiger partial charge in [-0.05, 0) is 35.9 Å². The van der Waals surface area contributed by atoms with E-state index in [0.29, 0.717) is 23.3 Å². The van der Waals surface area contributed by atoms with Crippen molar-refractivity contribution in [2.45, 2.75) is 40.4 Å². The number of hydrogen-bond donors (Lipinski definition) is 1. The normalized spacial score (nSPS) is 12.7. The lowest BCUT2D eigenvalue weighted by Gasteiger charge is -2.25. The average Bonchev–Trinajstić information content (AvgIpc) is 2.33. The minimum Gasteiger partial charge on any atom is -0.312 e. The molecule has 20 heavy (non-hydrogen) atoms. The van der Waals surface area contributed by atoms with Crippen molar-refractivity contribution >= 4 is 0 Å². The van der Waals surface area contributed by atoms with Gasteiger partial charge in [0.25, 0.3) is 0 Å². The Balaban J connectivity index is 2.67. The van der Waals surface area contributed by atoms with Gasteiger partial charge in [0.15, 0.2) is 0 Å². The van der Waals surface area contributed by atoms with Crippen LogP contribution in [0.4, 0.5) is 13.2 Å².